The summed E-state index contributed by atoms with van der Waals surface area (Å²) in [6.45, 7) is 0.344. The number of hydrogen-bond donors (Lipinski definition) is 1. The minimum atomic E-state index is -0.231. The van der Waals surface area contributed by atoms with Crippen molar-refractivity contribution < 1.29 is 9.21 Å². The van der Waals surface area contributed by atoms with Gasteiger partial charge in [-0.15, -0.1) is 0 Å². The number of furan rings is 1. The van der Waals surface area contributed by atoms with Crippen LogP contribution in [0.5, 0.6) is 0 Å². The van der Waals surface area contributed by atoms with E-state index in [2.05, 4.69) is 10.3 Å². The highest BCUT2D eigenvalue weighted by Gasteiger charge is 2.07. The molecular formula is C18H13N3O2. The predicted octanol–water partition coefficient (Wildman–Crippen LogP) is 3.14. The summed E-state index contributed by atoms with van der Waals surface area (Å²) in [6.07, 6.45) is 5.00. The van der Waals surface area contributed by atoms with Gasteiger partial charge in [0.15, 0.2) is 0 Å². The van der Waals surface area contributed by atoms with Crippen molar-refractivity contribution in [3.63, 3.8) is 0 Å². The van der Waals surface area contributed by atoms with Crippen LogP contribution in [0.3, 0.4) is 0 Å². The molecule has 23 heavy (non-hydrogen) atoms. The molecule has 112 valence electrons. The van der Waals surface area contributed by atoms with Crippen molar-refractivity contribution in [1.82, 2.24) is 10.3 Å². The lowest BCUT2D eigenvalue weighted by Gasteiger charge is -2.06. The van der Waals surface area contributed by atoms with Gasteiger partial charge in [0.2, 0.25) is 0 Å². The van der Waals surface area contributed by atoms with Gasteiger partial charge in [-0.2, -0.15) is 5.26 Å². The Morgan fingerprint density at radius 3 is 2.91 bits per heavy atom. The summed E-state index contributed by atoms with van der Waals surface area (Å²) < 4.78 is 5.34. The Labute approximate surface area is 133 Å². The van der Waals surface area contributed by atoms with E-state index in [4.69, 9.17) is 9.68 Å². The van der Waals surface area contributed by atoms with Gasteiger partial charge in [0.05, 0.1) is 17.9 Å². The summed E-state index contributed by atoms with van der Waals surface area (Å²) in [5.41, 5.74) is 2.63. The maximum Gasteiger partial charge on any atom is 0.251 e. The first kappa shape index (κ1) is 14.5. The van der Waals surface area contributed by atoms with E-state index in [9.17, 15) is 4.79 Å². The molecule has 0 aliphatic rings. The average molecular weight is 303 g/mol. The maximum absolute atomic E-state index is 12.1. The molecule has 0 saturated carbocycles. The molecule has 1 N–H and O–H groups in total. The number of aromatic nitrogens is 1. The second-order valence-electron chi connectivity index (χ2n) is 4.93. The Hall–Kier alpha value is -3.39. The molecule has 5 heteroatoms. The van der Waals surface area contributed by atoms with Gasteiger partial charge >= 0.3 is 0 Å². The van der Waals surface area contributed by atoms with Gasteiger partial charge in [-0.25, -0.2) is 0 Å². The molecule has 3 rings (SSSR count). The van der Waals surface area contributed by atoms with Crippen LogP contribution in [-0.4, -0.2) is 10.9 Å². The first-order chi connectivity index (χ1) is 11.3. The third-order valence-electron chi connectivity index (χ3n) is 3.31. The molecule has 1 aromatic carbocycles. The fraction of sp³-hybridized carbons (Fsp3) is 0.0556. The number of nitrogens with zero attached hydrogens (tertiary/aromatic N) is 2. The van der Waals surface area contributed by atoms with Gasteiger partial charge in [0.1, 0.15) is 5.76 Å². The fourth-order valence-electron chi connectivity index (χ4n) is 2.18. The van der Waals surface area contributed by atoms with E-state index < -0.39 is 0 Å². The predicted molar refractivity (Wildman–Crippen MR) is 84.3 cm³/mol. The number of nitrogens with one attached hydrogen (secondary N) is 1. The Bertz CT molecular complexity index is 864. The SMILES string of the molecule is N#Cc1cccc(C(=O)NCc2cncc(-c3ccco3)c2)c1. The molecule has 2 heterocycles. The molecular weight excluding hydrogens is 290 g/mol. The van der Waals surface area contributed by atoms with E-state index in [0.717, 1.165) is 16.9 Å². The lowest BCUT2D eigenvalue weighted by atomic mass is 10.1. The normalized spacial score (nSPS) is 10.0. The molecule has 0 radical (unpaired) electrons. The van der Waals surface area contributed by atoms with Crippen LogP contribution in [0.1, 0.15) is 21.5 Å². The molecule has 3 aromatic rings. The van der Waals surface area contributed by atoms with E-state index in [0.29, 0.717) is 17.7 Å². The van der Waals surface area contributed by atoms with E-state index in [1.54, 1.807) is 42.9 Å². The van der Waals surface area contributed by atoms with Gasteiger partial charge in [-0.1, -0.05) is 6.07 Å². The summed E-state index contributed by atoms with van der Waals surface area (Å²) in [6, 6.07) is 14.2. The second-order valence-corrected chi connectivity index (χ2v) is 4.93. The number of carbonyl (C=O) groups is 1. The lowest BCUT2D eigenvalue weighted by molar-refractivity contribution is 0.0951. The average Bonchev–Trinajstić information content (AvgIpc) is 3.14. The zero-order valence-electron chi connectivity index (χ0n) is 12.2. The largest absolute Gasteiger partial charge is 0.464 e. The molecule has 0 aliphatic carbocycles. The van der Waals surface area contributed by atoms with Crippen molar-refractivity contribution in [3.8, 4) is 17.4 Å². The number of nitriles is 1. The van der Waals surface area contributed by atoms with Crippen molar-refractivity contribution in [2.45, 2.75) is 6.54 Å². The standard InChI is InChI=1S/C18H13N3O2/c19-9-13-3-1-4-15(7-13)18(22)21-11-14-8-16(12-20-10-14)17-5-2-6-23-17/h1-8,10,12H,11H2,(H,21,22). The Morgan fingerprint density at radius 2 is 2.13 bits per heavy atom. The number of benzene rings is 1. The summed E-state index contributed by atoms with van der Waals surface area (Å²) in [5, 5.41) is 11.7. The fourth-order valence-corrected chi connectivity index (χ4v) is 2.18. The molecule has 1 amide bonds. The van der Waals surface area contributed by atoms with Crippen molar-refractivity contribution in [2.24, 2.45) is 0 Å². The van der Waals surface area contributed by atoms with Crippen molar-refractivity contribution in [1.29, 1.82) is 5.26 Å². The zero-order valence-corrected chi connectivity index (χ0v) is 12.2. The summed E-state index contributed by atoms with van der Waals surface area (Å²) in [7, 11) is 0. The number of rotatable bonds is 4. The third-order valence-corrected chi connectivity index (χ3v) is 3.31. The lowest BCUT2D eigenvalue weighted by Crippen LogP contribution is -2.22. The summed E-state index contributed by atoms with van der Waals surface area (Å²) in [5.74, 6) is 0.498. The van der Waals surface area contributed by atoms with E-state index in [-0.39, 0.29) is 5.91 Å². The molecule has 0 unspecified atom stereocenters. The highest BCUT2D eigenvalue weighted by atomic mass is 16.3. The molecule has 0 spiro atoms. The van der Waals surface area contributed by atoms with Gasteiger partial charge in [0, 0.05) is 30.1 Å². The molecule has 0 fully saturated rings. The first-order valence-corrected chi connectivity index (χ1v) is 7.02. The van der Waals surface area contributed by atoms with Gasteiger partial charge in [-0.05, 0) is 42.0 Å². The number of carbonyl (C=O) groups excluding carboxylic acids is 1. The highest BCUT2D eigenvalue weighted by molar-refractivity contribution is 5.94. The van der Waals surface area contributed by atoms with E-state index in [1.165, 1.54) is 0 Å². The van der Waals surface area contributed by atoms with Crippen LogP contribution in [0.15, 0.2) is 65.5 Å². The highest BCUT2D eigenvalue weighted by Crippen LogP contribution is 2.19. The Balaban J connectivity index is 1.70. The minimum absolute atomic E-state index is 0.231. The topological polar surface area (TPSA) is 78.9 Å². The Morgan fingerprint density at radius 1 is 1.22 bits per heavy atom. The monoisotopic (exact) mass is 303 g/mol. The number of amides is 1. The number of hydrogen-bond acceptors (Lipinski definition) is 4. The molecule has 0 atom stereocenters. The van der Waals surface area contributed by atoms with Crippen LogP contribution in [-0.2, 0) is 6.54 Å². The van der Waals surface area contributed by atoms with Crippen LogP contribution in [0.2, 0.25) is 0 Å². The zero-order chi connectivity index (χ0) is 16.1. The third kappa shape index (κ3) is 3.44. The molecule has 2 aromatic heterocycles. The molecule has 0 bridgehead atoms. The van der Waals surface area contributed by atoms with Gasteiger partial charge in [0.25, 0.3) is 5.91 Å². The van der Waals surface area contributed by atoms with Crippen LogP contribution in [0.4, 0.5) is 0 Å². The van der Waals surface area contributed by atoms with E-state index >= 15 is 0 Å². The smallest absolute Gasteiger partial charge is 0.251 e. The van der Waals surface area contributed by atoms with Gasteiger partial charge < -0.3 is 9.73 Å². The van der Waals surface area contributed by atoms with E-state index in [1.807, 2.05) is 24.3 Å². The maximum atomic E-state index is 12.1. The summed E-state index contributed by atoms with van der Waals surface area (Å²) >= 11 is 0. The van der Waals surface area contributed by atoms with Crippen LogP contribution in [0, 0.1) is 11.3 Å². The van der Waals surface area contributed by atoms with Crippen molar-refractivity contribution in [3.05, 3.63) is 77.8 Å². The van der Waals surface area contributed by atoms with Crippen LogP contribution in [0.25, 0.3) is 11.3 Å². The van der Waals surface area contributed by atoms with Crippen LogP contribution >= 0.6 is 0 Å². The molecule has 5 nitrogen and oxygen atoms in total. The quantitative estimate of drug-likeness (QED) is 0.803. The Kier molecular flexibility index (Phi) is 4.16. The van der Waals surface area contributed by atoms with Crippen molar-refractivity contribution >= 4 is 5.91 Å². The second kappa shape index (κ2) is 6.58. The summed E-state index contributed by atoms with van der Waals surface area (Å²) in [4.78, 5) is 16.3. The number of pyridine rings is 1. The molecule has 0 aliphatic heterocycles. The first-order valence-electron chi connectivity index (χ1n) is 7.02. The van der Waals surface area contributed by atoms with Crippen LogP contribution < -0.4 is 5.32 Å². The van der Waals surface area contributed by atoms with Gasteiger partial charge in [-0.3, -0.25) is 9.78 Å². The molecule has 0 saturated heterocycles. The van der Waals surface area contributed by atoms with Crippen molar-refractivity contribution in [2.75, 3.05) is 0 Å². The minimum Gasteiger partial charge on any atom is -0.464 e.